The summed E-state index contributed by atoms with van der Waals surface area (Å²) < 4.78 is 36.0. The second kappa shape index (κ2) is 8.10. The molecule has 92 valence electrons. The lowest BCUT2D eigenvalue weighted by Gasteiger charge is -2.05. The maximum absolute atomic E-state index is 11.0. The standard InChI is InChI=1S/C9H14O6S/c1-3-4-15-16(11,12)8-7-13-5-6-14-9(2)10/h1H,4-8H2,2H3. The van der Waals surface area contributed by atoms with Gasteiger partial charge in [-0.05, 0) is 0 Å². The number of ether oxygens (including phenoxy) is 2. The van der Waals surface area contributed by atoms with Gasteiger partial charge in [-0.1, -0.05) is 5.92 Å². The Bertz CT molecular complexity index is 340. The molecule has 0 aliphatic heterocycles. The van der Waals surface area contributed by atoms with Crippen LogP contribution in [0.2, 0.25) is 0 Å². The van der Waals surface area contributed by atoms with E-state index in [-0.39, 0.29) is 32.2 Å². The summed E-state index contributed by atoms with van der Waals surface area (Å²) in [7, 11) is -3.62. The van der Waals surface area contributed by atoms with E-state index in [4.69, 9.17) is 11.2 Å². The van der Waals surface area contributed by atoms with E-state index < -0.39 is 16.1 Å². The summed E-state index contributed by atoms with van der Waals surface area (Å²) in [6, 6.07) is 0. The molecule has 0 aromatic rings. The SMILES string of the molecule is C#CCOS(=O)(=O)CCOCCOC(C)=O. The monoisotopic (exact) mass is 250 g/mol. The molecule has 16 heavy (non-hydrogen) atoms. The fraction of sp³-hybridized carbons (Fsp3) is 0.667. The Morgan fingerprint density at radius 3 is 2.56 bits per heavy atom. The van der Waals surface area contributed by atoms with E-state index in [1.54, 1.807) is 0 Å². The zero-order chi connectivity index (χ0) is 12.4. The summed E-state index contributed by atoms with van der Waals surface area (Å²) in [5.41, 5.74) is 0. The molecule has 0 rings (SSSR count). The molecule has 0 bridgehead atoms. The highest BCUT2D eigenvalue weighted by Gasteiger charge is 2.09. The number of hydrogen-bond acceptors (Lipinski definition) is 6. The Kier molecular flexibility index (Phi) is 7.54. The van der Waals surface area contributed by atoms with Gasteiger partial charge >= 0.3 is 5.97 Å². The van der Waals surface area contributed by atoms with Crippen molar-refractivity contribution in [1.29, 1.82) is 0 Å². The molecular formula is C9H14O6S. The van der Waals surface area contributed by atoms with Crippen LogP contribution in [0.15, 0.2) is 0 Å². The van der Waals surface area contributed by atoms with Gasteiger partial charge in [-0.2, -0.15) is 8.42 Å². The third-order valence-corrected chi connectivity index (χ3v) is 2.48. The molecule has 0 aromatic heterocycles. The zero-order valence-electron chi connectivity index (χ0n) is 8.97. The van der Waals surface area contributed by atoms with Crippen molar-refractivity contribution in [3.8, 4) is 12.3 Å². The number of terminal acetylenes is 1. The Morgan fingerprint density at radius 1 is 1.31 bits per heavy atom. The maximum atomic E-state index is 11.0. The van der Waals surface area contributed by atoms with Gasteiger partial charge < -0.3 is 9.47 Å². The second-order valence-corrected chi connectivity index (χ2v) is 4.44. The average Bonchev–Trinajstić information content (AvgIpc) is 2.20. The van der Waals surface area contributed by atoms with Crippen LogP contribution in [0, 0.1) is 12.3 Å². The van der Waals surface area contributed by atoms with Crippen molar-refractivity contribution in [2.75, 3.05) is 32.2 Å². The topological polar surface area (TPSA) is 78.9 Å². The van der Waals surface area contributed by atoms with Crippen LogP contribution in [0.25, 0.3) is 0 Å². The molecule has 0 saturated carbocycles. The van der Waals surface area contributed by atoms with Crippen LogP contribution in [0.5, 0.6) is 0 Å². The minimum absolute atomic E-state index is 0.0336. The molecule has 7 heteroatoms. The predicted molar refractivity (Wildman–Crippen MR) is 56.0 cm³/mol. The van der Waals surface area contributed by atoms with E-state index in [2.05, 4.69) is 8.92 Å². The van der Waals surface area contributed by atoms with Crippen LogP contribution in [0.1, 0.15) is 6.92 Å². The van der Waals surface area contributed by atoms with Crippen molar-refractivity contribution in [2.24, 2.45) is 0 Å². The lowest BCUT2D eigenvalue weighted by Crippen LogP contribution is -2.17. The summed E-state index contributed by atoms with van der Waals surface area (Å²) in [6.45, 7) is 1.20. The van der Waals surface area contributed by atoms with Gasteiger partial charge in [0.05, 0.1) is 19.0 Å². The van der Waals surface area contributed by atoms with Gasteiger partial charge in [-0.15, -0.1) is 6.42 Å². The van der Waals surface area contributed by atoms with E-state index in [0.29, 0.717) is 0 Å². The number of carbonyl (C=O) groups is 1. The summed E-state index contributed by atoms with van der Waals surface area (Å²) in [4.78, 5) is 10.3. The number of carbonyl (C=O) groups excluding carboxylic acids is 1. The average molecular weight is 250 g/mol. The quantitative estimate of drug-likeness (QED) is 0.251. The summed E-state index contributed by atoms with van der Waals surface area (Å²) in [5, 5.41) is 0. The first-order chi connectivity index (χ1) is 7.48. The van der Waals surface area contributed by atoms with E-state index in [9.17, 15) is 13.2 Å². The fourth-order valence-electron chi connectivity index (χ4n) is 0.690. The number of esters is 1. The minimum atomic E-state index is -3.62. The van der Waals surface area contributed by atoms with E-state index >= 15 is 0 Å². The van der Waals surface area contributed by atoms with Crippen LogP contribution < -0.4 is 0 Å². The predicted octanol–water partition coefficient (Wildman–Crippen LogP) is -0.454. The molecule has 0 atom stereocenters. The smallest absolute Gasteiger partial charge is 0.302 e. The van der Waals surface area contributed by atoms with Gasteiger partial charge in [-0.25, -0.2) is 0 Å². The number of rotatable bonds is 8. The van der Waals surface area contributed by atoms with Crippen molar-refractivity contribution in [3.63, 3.8) is 0 Å². The molecule has 0 heterocycles. The van der Waals surface area contributed by atoms with Crippen molar-refractivity contribution < 1.29 is 26.9 Å². The van der Waals surface area contributed by atoms with Crippen LogP contribution in [0.3, 0.4) is 0 Å². The van der Waals surface area contributed by atoms with E-state index in [0.717, 1.165) is 0 Å². The summed E-state index contributed by atoms with van der Waals surface area (Å²) >= 11 is 0. The molecule has 0 aromatic carbocycles. The largest absolute Gasteiger partial charge is 0.463 e. The first kappa shape index (κ1) is 14.9. The molecular weight excluding hydrogens is 236 g/mol. The normalized spacial score (nSPS) is 10.8. The molecule has 0 spiro atoms. The molecule has 0 fully saturated rings. The molecule has 0 aliphatic carbocycles. The van der Waals surface area contributed by atoms with Gasteiger partial charge in [-0.3, -0.25) is 8.98 Å². The van der Waals surface area contributed by atoms with Crippen LogP contribution in [0.4, 0.5) is 0 Å². The fourth-order valence-corrected chi connectivity index (χ4v) is 1.38. The first-order valence-electron chi connectivity index (χ1n) is 4.49. The van der Waals surface area contributed by atoms with Gasteiger partial charge in [0.15, 0.2) is 0 Å². The van der Waals surface area contributed by atoms with Crippen LogP contribution in [-0.4, -0.2) is 46.6 Å². The van der Waals surface area contributed by atoms with Gasteiger partial charge in [0.25, 0.3) is 10.1 Å². The molecule has 6 nitrogen and oxygen atoms in total. The van der Waals surface area contributed by atoms with Crippen LogP contribution in [-0.2, 0) is 28.6 Å². The lowest BCUT2D eigenvalue weighted by atomic mass is 10.7. The number of hydrogen-bond donors (Lipinski definition) is 0. The van der Waals surface area contributed by atoms with Crippen LogP contribution >= 0.6 is 0 Å². The molecule has 0 N–H and O–H groups in total. The van der Waals surface area contributed by atoms with E-state index in [1.807, 2.05) is 5.92 Å². The molecule has 0 amide bonds. The molecule has 0 saturated heterocycles. The zero-order valence-corrected chi connectivity index (χ0v) is 9.79. The second-order valence-electron chi connectivity index (χ2n) is 2.68. The van der Waals surface area contributed by atoms with Gasteiger partial charge in [0.1, 0.15) is 13.2 Å². The highest BCUT2D eigenvalue weighted by molar-refractivity contribution is 7.86. The highest BCUT2D eigenvalue weighted by Crippen LogP contribution is 1.93. The third kappa shape index (κ3) is 9.45. The van der Waals surface area contributed by atoms with Crippen molar-refractivity contribution in [3.05, 3.63) is 0 Å². The summed E-state index contributed by atoms with van der Waals surface area (Å²) in [6.07, 6.45) is 4.84. The Hall–Kier alpha value is -1.10. The Morgan fingerprint density at radius 2 is 2.00 bits per heavy atom. The Labute approximate surface area is 95.0 Å². The molecule has 0 unspecified atom stereocenters. The minimum Gasteiger partial charge on any atom is -0.463 e. The summed E-state index contributed by atoms with van der Waals surface area (Å²) in [5.74, 6) is 1.36. The van der Waals surface area contributed by atoms with E-state index in [1.165, 1.54) is 6.92 Å². The van der Waals surface area contributed by atoms with Crippen molar-refractivity contribution >= 4 is 16.1 Å². The van der Waals surface area contributed by atoms with Crippen molar-refractivity contribution in [2.45, 2.75) is 6.92 Å². The Balaban J connectivity index is 3.51. The van der Waals surface area contributed by atoms with Gasteiger partial charge in [0, 0.05) is 6.92 Å². The lowest BCUT2D eigenvalue weighted by molar-refractivity contribution is -0.142. The van der Waals surface area contributed by atoms with Gasteiger partial charge in [0.2, 0.25) is 0 Å². The van der Waals surface area contributed by atoms with Crippen molar-refractivity contribution in [1.82, 2.24) is 0 Å². The molecule has 0 radical (unpaired) electrons. The first-order valence-corrected chi connectivity index (χ1v) is 6.07. The molecule has 0 aliphatic rings. The maximum Gasteiger partial charge on any atom is 0.302 e. The third-order valence-electron chi connectivity index (χ3n) is 1.33. The highest BCUT2D eigenvalue weighted by atomic mass is 32.2.